The van der Waals surface area contributed by atoms with E-state index < -0.39 is 5.97 Å². The molecule has 26 heavy (non-hydrogen) atoms. The lowest BCUT2D eigenvalue weighted by atomic mass is 9.99. The van der Waals surface area contributed by atoms with E-state index in [4.69, 9.17) is 18.7 Å². The van der Waals surface area contributed by atoms with Crippen LogP contribution in [0.4, 0.5) is 0 Å². The predicted octanol–water partition coefficient (Wildman–Crippen LogP) is 1.74. The van der Waals surface area contributed by atoms with Gasteiger partial charge in [-0.15, -0.1) is 0 Å². The molecule has 2 heterocycles. The molecule has 0 bridgehead atoms. The molecule has 3 rings (SSSR count). The molecule has 0 radical (unpaired) electrons. The number of methoxy groups -OCH3 is 2. The lowest BCUT2D eigenvalue weighted by Gasteiger charge is -2.29. The lowest BCUT2D eigenvalue weighted by molar-refractivity contribution is -0.135. The Morgan fingerprint density at radius 3 is 2.46 bits per heavy atom. The van der Waals surface area contributed by atoms with Crippen LogP contribution >= 0.6 is 0 Å². The summed E-state index contributed by atoms with van der Waals surface area (Å²) in [7, 11) is 3.16. The topological polar surface area (TPSA) is 91.1 Å². The Kier molecular flexibility index (Phi) is 5.11. The Bertz CT molecular complexity index is 829. The Balaban J connectivity index is 1.62. The summed E-state index contributed by atoms with van der Waals surface area (Å²) in [4.78, 5) is 25.9. The number of hydrogen-bond donors (Lipinski definition) is 0. The number of esters is 1. The maximum atomic E-state index is 12.4. The van der Waals surface area contributed by atoms with Gasteiger partial charge >= 0.3 is 5.97 Å². The van der Waals surface area contributed by atoms with Gasteiger partial charge in [-0.25, -0.2) is 4.79 Å². The molecule has 8 nitrogen and oxygen atoms in total. The molecular formula is C18H20N2O6. The first-order valence-electron chi connectivity index (χ1n) is 8.13. The minimum atomic E-state index is -0.706. The molecule has 0 unspecified atom stereocenters. The van der Waals surface area contributed by atoms with Crippen LogP contribution in [0.5, 0.6) is 11.5 Å². The average Bonchev–Trinajstić information content (AvgIpc) is 3.10. The molecule has 8 heteroatoms. The van der Waals surface area contributed by atoms with Gasteiger partial charge in [0, 0.05) is 19.2 Å². The normalized spacial score (nSPS) is 13.1. The van der Waals surface area contributed by atoms with E-state index in [1.807, 2.05) is 12.1 Å². The van der Waals surface area contributed by atoms with Crippen molar-refractivity contribution in [3.05, 3.63) is 40.8 Å². The van der Waals surface area contributed by atoms with Crippen LogP contribution in [0, 0.1) is 6.92 Å². The number of nitrogens with zero attached hydrogens (tertiary/aromatic N) is 2. The molecule has 0 fully saturated rings. The van der Waals surface area contributed by atoms with E-state index in [0.717, 1.165) is 11.1 Å². The van der Waals surface area contributed by atoms with Crippen molar-refractivity contribution in [2.24, 2.45) is 0 Å². The minimum Gasteiger partial charge on any atom is -0.493 e. The first-order valence-corrected chi connectivity index (χ1v) is 8.13. The summed E-state index contributed by atoms with van der Waals surface area (Å²) >= 11 is 0. The lowest BCUT2D eigenvalue weighted by Crippen LogP contribution is -2.38. The number of amides is 1. The van der Waals surface area contributed by atoms with Gasteiger partial charge in [0.15, 0.2) is 18.1 Å². The van der Waals surface area contributed by atoms with Gasteiger partial charge in [0.05, 0.1) is 19.9 Å². The molecule has 1 aromatic heterocycles. The number of ether oxygens (including phenoxy) is 3. The van der Waals surface area contributed by atoms with E-state index in [0.29, 0.717) is 36.7 Å². The fourth-order valence-electron chi connectivity index (χ4n) is 2.85. The molecule has 1 aliphatic heterocycles. The number of aryl methyl sites for hydroxylation is 1. The van der Waals surface area contributed by atoms with Crippen molar-refractivity contribution < 1.29 is 28.3 Å². The zero-order chi connectivity index (χ0) is 18.7. The number of carbonyl (C=O) groups is 2. The third-order valence-electron chi connectivity index (χ3n) is 4.23. The van der Waals surface area contributed by atoms with E-state index in [-0.39, 0.29) is 18.3 Å². The highest BCUT2D eigenvalue weighted by Gasteiger charge is 2.24. The molecule has 0 aliphatic carbocycles. The summed E-state index contributed by atoms with van der Waals surface area (Å²) in [5.41, 5.74) is 2.67. The molecule has 138 valence electrons. The van der Waals surface area contributed by atoms with Crippen molar-refractivity contribution in [2.75, 3.05) is 27.4 Å². The van der Waals surface area contributed by atoms with Gasteiger partial charge in [-0.2, -0.15) is 0 Å². The van der Waals surface area contributed by atoms with Gasteiger partial charge in [0.25, 0.3) is 5.91 Å². The van der Waals surface area contributed by atoms with Crippen molar-refractivity contribution in [3.63, 3.8) is 0 Å². The van der Waals surface area contributed by atoms with Gasteiger partial charge in [-0.05, 0) is 36.6 Å². The minimum absolute atomic E-state index is 0.0175. The van der Waals surface area contributed by atoms with Crippen LogP contribution in [0.15, 0.2) is 22.7 Å². The summed E-state index contributed by atoms with van der Waals surface area (Å²) in [6.45, 7) is 2.31. The number of benzene rings is 1. The highest BCUT2D eigenvalue weighted by molar-refractivity contribution is 5.88. The molecule has 0 spiro atoms. The van der Waals surface area contributed by atoms with Crippen molar-refractivity contribution in [1.29, 1.82) is 0 Å². The first kappa shape index (κ1) is 17.8. The van der Waals surface area contributed by atoms with E-state index in [1.165, 1.54) is 6.07 Å². The fraction of sp³-hybridized carbons (Fsp3) is 0.389. The zero-order valence-electron chi connectivity index (χ0n) is 14.9. The van der Waals surface area contributed by atoms with Gasteiger partial charge in [-0.3, -0.25) is 4.79 Å². The van der Waals surface area contributed by atoms with E-state index in [9.17, 15) is 9.59 Å². The van der Waals surface area contributed by atoms with Crippen LogP contribution in [0.25, 0.3) is 0 Å². The van der Waals surface area contributed by atoms with Crippen molar-refractivity contribution in [2.45, 2.75) is 19.9 Å². The maximum Gasteiger partial charge on any atom is 0.377 e. The second-order valence-electron chi connectivity index (χ2n) is 5.95. The highest BCUT2D eigenvalue weighted by Crippen LogP contribution is 2.33. The molecule has 2 aromatic rings. The summed E-state index contributed by atoms with van der Waals surface area (Å²) in [5.74, 6) is 0.295. The van der Waals surface area contributed by atoms with Crippen molar-refractivity contribution >= 4 is 11.9 Å². The Hall–Kier alpha value is -3.03. The van der Waals surface area contributed by atoms with E-state index in [2.05, 4.69) is 5.16 Å². The van der Waals surface area contributed by atoms with Crippen LogP contribution < -0.4 is 9.47 Å². The van der Waals surface area contributed by atoms with Crippen LogP contribution in [-0.2, 0) is 22.5 Å². The van der Waals surface area contributed by atoms with Crippen LogP contribution in [0.2, 0.25) is 0 Å². The molecule has 0 N–H and O–H groups in total. The fourth-order valence-corrected chi connectivity index (χ4v) is 2.85. The summed E-state index contributed by atoms with van der Waals surface area (Å²) in [6, 6.07) is 5.27. The summed E-state index contributed by atoms with van der Waals surface area (Å²) < 4.78 is 20.5. The van der Waals surface area contributed by atoms with Crippen molar-refractivity contribution in [3.8, 4) is 11.5 Å². The molecule has 1 amide bonds. The van der Waals surface area contributed by atoms with Crippen LogP contribution in [0.3, 0.4) is 0 Å². The smallest absolute Gasteiger partial charge is 0.377 e. The second kappa shape index (κ2) is 7.47. The Labute approximate surface area is 150 Å². The highest BCUT2D eigenvalue weighted by atomic mass is 16.6. The van der Waals surface area contributed by atoms with Gasteiger partial charge in [0.2, 0.25) is 5.76 Å². The number of fused-ring (bicyclic) bond motifs is 1. The third kappa shape index (κ3) is 3.63. The van der Waals surface area contributed by atoms with E-state index in [1.54, 1.807) is 26.0 Å². The molecule has 0 saturated carbocycles. The molecule has 1 aromatic carbocycles. The Morgan fingerprint density at radius 1 is 1.15 bits per heavy atom. The van der Waals surface area contributed by atoms with Crippen molar-refractivity contribution in [1.82, 2.24) is 10.1 Å². The standard InChI is InChI=1S/C18H20N2O6/c1-11-6-16(26-19-11)18(22)25-10-17(21)20-5-4-12-7-14(23-2)15(24-3)8-13(12)9-20/h6-8H,4-5,9-10H2,1-3H3. The molecular weight excluding hydrogens is 340 g/mol. The molecule has 1 aliphatic rings. The van der Waals surface area contributed by atoms with Gasteiger partial charge in [-0.1, -0.05) is 5.16 Å². The van der Waals surface area contributed by atoms with Gasteiger partial charge in [0.1, 0.15) is 0 Å². The number of rotatable bonds is 5. The quantitative estimate of drug-likeness (QED) is 0.750. The van der Waals surface area contributed by atoms with Gasteiger partial charge < -0.3 is 23.6 Å². The Morgan fingerprint density at radius 2 is 1.85 bits per heavy atom. The predicted molar refractivity (Wildman–Crippen MR) is 90.2 cm³/mol. The number of carbonyl (C=O) groups excluding carboxylic acids is 2. The molecule has 0 saturated heterocycles. The third-order valence-corrected chi connectivity index (χ3v) is 4.23. The SMILES string of the molecule is COc1cc2c(cc1OC)CN(C(=O)COC(=O)c1cc(C)no1)CC2. The number of aromatic nitrogens is 1. The van der Waals surface area contributed by atoms with Crippen LogP contribution in [0.1, 0.15) is 27.4 Å². The number of hydrogen-bond acceptors (Lipinski definition) is 7. The molecule has 0 atom stereocenters. The summed E-state index contributed by atoms with van der Waals surface area (Å²) in [5, 5.41) is 3.62. The summed E-state index contributed by atoms with van der Waals surface area (Å²) in [6.07, 6.45) is 0.691. The largest absolute Gasteiger partial charge is 0.493 e. The monoisotopic (exact) mass is 360 g/mol. The second-order valence-corrected chi connectivity index (χ2v) is 5.95. The van der Waals surface area contributed by atoms with E-state index >= 15 is 0 Å². The first-order chi connectivity index (χ1) is 12.5. The van der Waals surface area contributed by atoms with Crippen LogP contribution in [-0.4, -0.2) is 49.3 Å². The average molecular weight is 360 g/mol. The zero-order valence-corrected chi connectivity index (χ0v) is 14.9. The maximum absolute atomic E-state index is 12.4.